The number of amides is 2. The van der Waals surface area contributed by atoms with Crippen molar-refractivity contribution in [2.45, 2.75) is 50.9 Å². The Kier molecular flexibility index (Phi) is 5.96. The van der Waals surface area contributed by atoms with Gasteiger partial charge in [-0.05, 0) is 61.8 Å². The van der Waals surface area contributed by atoms with Crippen LogP contribution in [0.5, 0.6) is 5.75 Å². The van der Waals surface area contributed by atoms with Crippen LogP contribution in [0.2, 0.25) is 0 Å². The van der Waals surface area contributed by atoms with Gasteiger partial charge in [0.2, 0.25) is 0 Å². The highest BCUT2D eigenvalue weighted by Crippen LogP contribution is 2.41. The number of methoxy groups -OCH3 is 1. The number of likely N-dealkylation sites (tertiary alicyclic amines) is 1. The van der Waals surface area contributed by atoms with Gasteiger partial charge < -0.3 is 34.5 Å². The topological polar surface area (TPSA) is 114 Å². The molecule has 3 atom stereocenters. The lowest BCUT2D eigenvalue weighted by Gasteiger charge is -2.29. The Morgan fingerprint density at radius 2 is 1.86 bits per heavy atom. The van der Waals surface area contributed by atoms with Crippen LogP contribution in [-0.4, -0.2) is 75.0 Å². The smallest absolute Gasteiger partial charge is 0.404 e. The first kappa shape index (κ1) is 25.6. The van der Waals surface area contributed by atoms with Crippen molar-refractivity contribution in [2.75, 3.05) is 26.7 Å². The highest BCUT2D eigenvalue weighted by atomic mass is 16.5. The quantitative estimate of drug-likeness (QED) is 0.294. The zero-order valence-corrected chi connectivity index (χ0v) is 23.8. The van der Waals surface area contributed by atoms with Crippen LogP contribution in [0.15, 0.2) is 42.5 Å². The number of nitrogens with one attached hydrogen (secondary N) is 2. The summed E-state index contributed by atoms with van der Waals surface area (Å²) >= 11 is 0. The number of carbonyl (C=O) groups is 2. The van der Waals surface area contributed by atoms with Gasteiger partial charge in [0.05, 0.1) is 30.4 Å². The molecule has 4 aliphatic rings. The molecule has 218 valence electrons. The van der Waals surface area contributed by atoms with E-state index in [1.165, 1.54) is 23.7 Å². The van der Waals surface area contributed by atoms with Crippen LogP contribution >= 0.6 is 0 Å². The van der Waals surface area contributed by atoms with Crippen LogP contribution in [0.3, 0.4) is 0 Å². The molecule has 4 heterocycles. The van der Waals surface area contributed by atoms with Crippen LogP contribution in [-0.2, 0) is 13.1 Å². The third kappa shape index (κ3) is 4.14. The monoisotopic (exact) mass is 568 g/mol. The molecule has 2 amide bonds. The molecule has 0 spiro atoms. The number of piperidine rings is 1. The fourth-order valence-electron chi connectivity index (χ4n) is 7.53. The van der Waals surface area contributed by atoms with E-state index >= 15 is 0 Å². The second-order valence-corrected chi connectivity index (χ2v) is 12.6. The molecule has 10 nitrogen and oxygen atoms in total. The predicted molar refractivity (Wildman–Crippen MR) is 159 cm³/mol. The second-order valence-electron chi connectivity index (χ2n) is 12.6. The van der Waals surface area contributed by atoms with E-state index in [9.17, 15) is 14.7 Å². The maximum Gasteiger partial charge on any atom is 0.404 e. The Morgan fingerprint density at radius 1 is 1.05 bits per heavy atom. The molecule has 2 saturated heterocycles. The van der Waals surface area contributed by atoms with E-state index in [1.807, 2.05) is 17.0 Å². The third-order valence-corrected chi connectivity index (χ3v) is 9.90. The normalized spacial score (nSPS) is 23.5. The van der Waals surface area contributed by atoms with Gasteiger partial charge in [-0.25, -0.2) is 9.78 Å². The predicted octanol–water partition coefficient (Wildman–Crippen LogP) is 4.17. The molecule has 42 heavy (non-hydrogen) atoms. The number of nitrogens with zero attached hydrogens (tertiary/aromatic N) is 4. The van der Waals surface area contributed by atoms with Gasteiger partial charge in [0.15, 0.2) is 5.82 Å². The van der Waals surface area contributed by atoms with E-state index in [-0.39, 0.29) is 23.9 Å². The first-order valence-corrected chi connectivity index (χ1v) is 15.2. The van der Waals surface area contributed by atoms with E-state index < -0.39 is 6.09 Å². The average Bonchev–Trinajstić information content (AvgIpc) is 3.28. The molecule has 3 N–H and O–H groups in total. The largest absolute Gasteiger partial charge is 0.494 e. The van der Waals surface area contributed by atoms with Crippen molar-refractivity contribution in [3.8, 4) is 17.3 Å². The molecule has 10 heteroatoms. The summed E-state index contributed by atoms with van der Waals surface area (Å²) in [6.45, 7) is 4.27. The van der Waals surface area contributed by atoms with Crippen LogP contribution in [0.4, 0.5) is 4.79 Å². The fraction of sp³-hybridized carbons (Fsp3) is 0.469. The number of fused-ring (bicyclic) bond motifs is 4. The minimum atomic E-state index is -1.03. The maximum atomic E-state index is 13.9. The number of aromatic nitrogens is 3. The molecule has 2 bridgehead atoms. The molecule has 2 saturated carbocycles. The molecule has 4 aromatic rings. The number of benzene rings is 2. The van der Waals surface area contributed by atoms with Gasteiger partial charge in [-0.3, -0.25) is 4.79 Å². The second kappa shape index (κ2) is 9.76. The molecule has 0 radical (unpaired) electrons. The SMILES string of the molecule is COc1cc(C(=O)N2C[C@H]3CC[C@@H]2[C@@H]3NC(=O)O)cc2nc(-c3cc4ccccc4n3CC3CC3)n(CC3CNC3)c12. The van der Waals surface area contributed by atoms with Crippen molar-refractivity contribution >= 4 is 33.9 Å². The molecule has 0 unspecified atom stereocenters. The lowest BCUT2D eigenvalue weighted by molar-refractivity contribution is 0.0697. The van der Waals surface area contributed by atoms with E-state index in [0.29, 0.717) is 29.7 Å². The number of hydrogen-bond acceptors (Lipinski definition) is 5. The minimum absolute atomic E-state index is 0.0956. The average molecular weight is 569 g/mol. The lowest BCUT2D eigenvalue weighted by atomic mass is 10.0. The Labute approximate surface area is 243 Å². The maximum absolute atomic E-state index is 13.9. The third-order valence-electron chi connectivity index (χ3n) is 9.90. The first-order valence-electron chi connectivity index (χ1n) is 15.2. The molecule has 8 rings (SSSR count). The van der Waals surface area contributed by atoms with Gasteiger partial charge in [0.25, 0.3) is 5.91 Å². The standard InChI is InChI=1S/C32H36N6O4/c1-42-27-12-22(31(39)37-17-21-8-9-25(37)28(21)35-32(40)41)10-23-29(27)38(16-19-13-33-14-19)30(34-23)26-11-20-4-2-3-5-24(20)36(26)15-18-6-7-18/h2-5,10-12,18-19,21,25,28,33,35H,6-9,13-17H2,1H3,(H,40,41)/t21-,25-,28-/m1/s1. The van der Waals surface area contributed by atoms with Crippen molar-refractivity contribution in [2.24, 2.45) is 17.8 Å². The zero-order chi connectivity index (χ0) is 28.5. The molecule has 2 aromatic heterocycles. The summed E-state index contributed by atoms with van der Waals surface area (Å²) in [5.41, 5.74) is 4.50. The number of ether oxygens (including phenoxy) is 1. The van der Waals surface area contributed by atoms with Crippen LogP contribution < -0.4 is 15.4 Å². The van der Waals surface area contributed by atoms with Gasteiger partial charge in [-0.2, -0.15) is 0 Å². The summed E-state index contributed by atoms with van der Waals surface area (Å²) in [4.78, 5) is 32.4. The summed E-state index contributed by atoms with van der Waals surface area (Å²) < 4.78 is 10.7. The number of hydrogen-bond donors (Lipinski definition) is 3. The molecule has 2 aliphatic heterocycles. The molecule has 2 aromatic carbocycles. The number of carboxylic acid groups (broad SMARTS) is 1. The van der Waals surface area contributed by atoms with Gasteiger partial charge >= 0.3 is 6.09 Å². The fourth-order valence-corrected chi connectivity index (χ4v) is 7.53. The molecule has 2 aliphatic carbocycles. The summed E-state index contributed by atoms with van der Waals surface area (Å²) in [5, 5.41) is 16.6. The van der Waals surface area contributed by atoms with E-state index in [2.05, 4.69) is 50.1 Å². The van der Waals surface area contributed by atoms with Crippen molar-refractivity contribution in [3.05, 3.63) is 48.0 Å². The summed E-state index contributed by atoms with van der Waals surface area (Å²) in [6, 6.07) is 14.2. The molecular weight excluding hydrogens is 532 g/mol. The summed E-state index contributed by atoms with van der Waals surface area (Å²) in [5.74, 6) is 2.78. The Balaban J connectivity index is 1.24. The van der Waals surface area contributed by atoms with Gasteiger partial charge in [-0.1, -0.05) is 18.2 Å². The Morgan fingerprint density at radius 3 is 2.60 bits per heavy atom. The summed E-state index contributed by atoms with van der Waals surface area (Å²) in [6.07, 6.45) is 3.22. The number of para-hydroxylation sites is 1. The van der Waals surface area contributed by atoms with Crippen LogP contribution in [0.1, 0.15) is 36.0 Å². The van der Waals surface area contributed by atoms with Crippen molar-refractivity contribution in [3.63, 3.8) is 0 Å². The van der Waals surface area contributed by atoms with Crippen LogP contribution in [0.25, 0.3) is 33.5 Å². The van der Waals surface area contributed by atoms with Gasteiger partial charge in [-0.15, -0.1) is 0 Å². The minimum Gasteiger partial charge on any atom is -0.494 e. The lowest BCUT2D eigenvalue weighted by Crippen LogP contribution is -2.45. The molecular formula is C32H36N6O4. The van der Waals surface area contributed by atoms with Gasteiger partial charge in [0.1, 0.15) is 11.3 Å². The Hall–Kier alpha value is -4.05. The number of imidazole rings is 1. The van der Waals surface area contributed by atoms with Gasteiger partial charge in [0, 0.05) is 55.1 Å². The molecule has 4 fully saturated rings. The first-order chi connectivity index (χ1) is 20.5. The number of carbonyl (C=O) groups excluding carboxylic acids is 1. The van der Waals surface area contributed by atoms with E-state index in [0.717, 1.165) is 61.6 Å². The van der Waals surface area contributed by atoms with Crippen molar-refractivity contribution in [1.82, 2.24) is 29.7 Å². The van der Waals surface area contributed by atoms with E-state index in [1.54, 1.807) is 7.11 Å². The van der Waals surface area contributed by atoms with E-state index in [4.69, 9.17) is 9.72 Å². The number of rotatable bonds is 8. The van der Waals surface area contributed by atoms with Crippen molar-refractivity contribution < 1.29 is 19.4 Å². The Bertz CT molecular complexity index is 1720. The highest BCUT2D eigenvalue weighted by Gasteiger charge is 2.49. The van der Waals surface area contributed by atoms with Crippen molar-refractivity contribution in [1.29, 1.82) is 0 Å². The highest BCUT2D eigenvalue weighted by molar-refractivity contribution is 6.00. The van der Waals surface area contributed by atoms with Crippen LogP contribution in [0, 0.1) is 17.8 Å². The zero-order valence-electron chi connectivity index (χ0n) is 23.8. The summed E-state index contributed by atoms with van der Waals surface area (Å²) in [7, 11) is 1.65.